The Morgan fingerprint density at radius 2 is 1.55 bits per heavy atom. The van der Waals surface area contributed by atoms with Crippen LogP contribution in [0.15, 0.2) is 60.7 Å². The van der Waals surface area contributed by atoms with E-state index in [0.717, 1.165) is 6.54 Å². The highest BCUT2D eigenvalue weighted by atomic mass is 16.5. The van der Waals surface area contributed by atoms with Gasteiger partial charge in [-0.3, -0.25) is 9.69 Å². The lowest BCUT2D eigenvalue weighted by Gasteiger charge is -2.49. The zero-order valence-electron chi connectivity index (χ0n) is 13.0. The molecular formula is C19H21NO2. The van der Waals surface area contributed by atoms with Crippen LogP contribution in [0.3, 0.4) is 0 Å². The fourth-order valence-corrected chi connectivity index (χ4v) is 3.25. The molecule has 3 heteroatoms. The lowest BCUT2D eigenvalue weighted by atomic mass is 9.84. The third-order valence-electron chi connectivity index (χ3n) is 4.58. The van der Waals surface area contributed by atoms with E-state index >= 15 is 0 Å². The topological polar surface area (TPSA) is 29.5 Å². The maximum atomic E-state index is 11.8. The van der Waals surface area contributed by atoms with E-state index in [0.29, 0.717) is 0 Å². The average molecular weight is 295 g/mol. The van der Waals surface area contributed by atoms with Crippen molar-refractivity contribution in [2.75, 3.05) is 13.7 Å². The summed E-state index contributed by atoms with van der Waals surface area (Å²) in [5, 5.41) is 0. The van der Waals surface area contributed by atoms with Crippen molar-refractivity contribution in [2.24, 2.45) is 5.92 Å². The van der Waals surface area contributed by atoms with Gasteiger partial charge in [-0.25, -0.2) is 0 Å². The molecule has 1 aliphatic heterocycles. The first-order chi connectivity index (χ1) is 10.7. The second kappa shape index (κ2) is 6.32. The van der Waals surface area contributed by atoms with Crippen LogP contribution in [0.1, 0.15) is 24.1 Å². The number of carbonyl (C=O) groups excluding carboxylic acids is 1. The summed E-state index contributed by atoms with van der Waals surface area (Å²) >= 11 is 0. The number of methoxy groups -OCH3 is 1. The molecule has 2 unspecified atom stereocenters. The quantitative estimate of drug-likeness (QED) is 0.811. The largest absolute Gasteiger partial charge is 0.469 e. The molecule has 0 N–H and O–H groups in total. The van der Waals surface area contributed by atoms with Gasteiger partial charge in [0.2, 0.25) is 0 Å². The maximum absolute atomic E-state index is 11.8. The highest BCUT2D eigenvalue weighted by Crippen LogP contribution is 2.38. The van der Waals surface area contributed by atoms with Crippen molar-refractivity contribution in [3.63, 3.8) is 0 Å². The molecule has 0 bridgehead atoms. The fourth-order valence-electron chi connectivity index (χ4n) is 3.25. The molecule has 114 valence electrons. The number of nitrogens with zero attached hydrogens (tertiary/aromatic N) is 1. The first-order valence-electron chi connectivity index (χ1n) is 7.66. The first kappa shape index (κ1) is 14.8. The third kappa shape index (κ3) is 2.64. The molecule has 0 amide bonds. The summed E-state index contributed by atoms with van der Waals surface area (Å²) < 4.78 is 4.90. The molecule has 2 aromatic rings. The Bertz CT molecular complexity index is 587. The minimum Gasteiger partial charge on any atom is -0.469 e. The number of esters is 1. The molecule has 2 atom stereocenters. The number of rotatable bonds is 4. The average Bonchev–Trinajstić information content (AvgIpc) is 2.58. The number of ether oxygens (including phenoxy) is 1. The van der Waals surface area contributed by atoms with Crippen molar-refractivity contribution in [3.8, 4) is 0 Å². The lowest BCUT2D eigenvalue weighted by Crippen LogP contribution is -2.59. The van der Waals surface area contributed by atoms with Gasteiger partial charge < -0.3 is 4.74 Å². The molecule has 0 saturated carbocycles. The Hall–Kier alpha value is -2.13. The van der Waals surface area contributed by atoms with Crippen molar-refractivity contribution < 1.29 is 9.53 Å². The van der Waals surface area contributed by atoms with Gasteiger partial charge in [-0.2, -0.15) is 0 Å². The normalized spacial score (nSPS) is 21.4. The first-order valence-corrected chi connectivity index (χ1v) is 7.66. The van der Waals surface area contributed by atoms with E-state index in [2.05, 4.69) is 60.4 Å². The molecule has 0 radical (unpaired) electrons. The van der Waals surface area contributed by atoms with E-state index in [1.807, 2.05) is 12.1 Å². The predicted molar refractivity (Wildman–Crippen MR) is 86.4 cm³/mol. The number of likely N-dealkylation sites (tertiary alicyclic amines) is 1. The predicted octanol–water partition coefficient (Wildman–Crippen LogP) is 3.27. The van der Waals surface area contributed by atoms with Crippen molar-refractivity contribution in [2.45, 2.75) is 19.0 Å². The molecule has 22 heavy (non-hydrogen) atoms. The standard InChI is InChI=1S/C19H21NO2/c1-14-17(19(21)22-2)13-20(14)18(15-9-5-3-6-10-15)16-11-7-4-8-12-16/h3-12,14,17-18H,13H2,1-2H3. The SMILES string of the molecule is COC(=O)C1CN(C(c2ccccc2)c2ccccc2)C1C. The monoisotopic (exact) mass is 295 g/mol. The van der Waals surface area contributed by atoms with Gasteiger partial charge in [-0.15, -0.1) is 0 Å². The van der Waals surface area contributed by atoms with Crippen LogP contribution >= 0.6 is 0 Å². The summed E-state index contributed by atoms with van der Waals surface area (Å²) in [5.41, 5.74) is 2.51. The smallest absolute Gasteiger partial charge is 0.311 e. The van der Waals surface area contributed by atoms with Crippen molar-refractivity contribution >= 4 is 5.97 Å². The number of benzene rings is 2. The van der Waals surface area contributed by atoms with Gasteiger partial charge in [0.1, 0.15) is 0 Å². The Balaban J connectivity index is 1.90. The highest BCUT2D eigenvalue weighted by molar-refractivity contribution is 5.74. The van der Waals surface area contributed by atoms with Crippen molar-refractivity contribution in [3.05, 3.63) is 71.8 Å². The van der Waals surface area contributed by atoms with E-state index in [9.17, 15) is 4.79 Å². The number of hydrogen-bond acceptors (Lipinski definition) is 3. The maximum Gasteiger partial charge on any atom is 0.311 e. The Morgan fingerprint density at radius 3 is 1.95 bits per heavy atom. The van der Waals surface area contributed by atoms with Gasteiger partial charge >= 0.3 is 5.97 Å². The van der Waals surface area contributed by atoms with Crippen molar-refractivity contribution in [1.82, 2.24) is 4.90 Å². The van der Waals surface area contributed by atoms with Crippen LogP contribution in [0.5, 0.6) is 0 Å². The molecule has 1 saturated heterocycles. The fraction of sp³-hybridized carbons (Fsp3) is 0.316. The zero-order chi connectivity index (χ0) is 15.5. The second-order valence-corrected chi connectivity index (χ2v) is 5.79. The summed E-state index contributed by atoms with van der Waals surface area (Å²) in [5.74, 6) is -0.136. The van der Waals surface area contributed by atoms with E-state index in [-0.39, 0.29) is 24.0 Å². The summed E-state index contributed by atoms with van der Waals surface area (Å²) in [6.45, 7) is 2.84. The molecule has 1 aliphatic rings. The molecule has 1 heterocycles. The van der Waals surface area contributed by atoms with Crippen LogP contribution in [0.25, 0.3) is 0 Å². The molecular weight excluding hydrogens is 274 g/mol. The minimum atomic E-state index is -0.108. The van der Waals surface area contributed by atoms with Gasteiger partial charge in [0.05, 0.1) is 19.1 Å². The zero-order valence-corrected chi connectivity index (χ0v) is 13.0. The van der Waals surface area contributed by atoms with Gasteiger partial charge in [0.25, 0.3) is 0 Å². The van der Waals surface area contributed by atoms with Gasteiger partial charge in [-0.1, -0.05) is 60.7 Å². The van der Waals surface area contributed by atoms with Crippen molar-refractivity contribution in [1.29, 1.82) is 0 Å². The molecule has 2 aromatic carbocycles. The van der Waals surface area contributed by atoms with Crippen LogP contribution in [0.4, 0.5) is 0 Å². The third-order valence-corrected chi connectivity index (χ3v) is 4.58. The summed E-state index contributed by atoms with van der Waals surface area (Å²) in [6.07, 6.45) is 0. The van der Waals surface area contributed by atoms with Gasteiger partial charge in [0, 0.05) is 12.6 Å². The van der Waals surface area contributed by atoms with Crippen LogP contribution in [-0.4, -0.2) is 30.6 Å². The number of hydrogen-bond donors (Lipinski definition) is 0. The molecule has 3 rings (SSSR count). The van der Waals surface area contributed by atoms with E-state index < -0.39 is 0 Å². The van der Waals surface area contributed by atoms with Crippen LogP contribution in [0.2, 0.25) is 0 Å². The van der Waals surface area contributed by atoms with E-state index in [4.69, 9.17) is 4.74 Å². The summed E-state index contributed by atoms with van der Waals surface area (Å²) in [4.78, 5) is 14.2. The summed E-state index contributed by atoms with van der Waals surface area (Å²) in [7, 11) is 1.46. The van der Waals surface area contributed by atoms with Crippen LogP contribution in [-0.2, 0) is 9.53 Å². The Morgan fingerprint density at radius 1 is 1.05 bits per heavy atom. The molecule has 1 fully saturated rings. The molecule has 0 spiro atoms. The van der Waals surface area contributed by atoms with Gasteiger partial charge in [-0.05, 0) is 18.1 Å². The van der Waals surface area contributed by atoms with E-state index in [1.165, 1.54) is 18.2 Å². The van der Waals surface area contributed by atoms with Gasteiger partial charge in [0.15, 0.2) is 0 Å². The second-order valence-electron chi connectivity index (χ2n) is 5.79. The minimum absolute atomic E-state index is 0.0278. The summed E-state index contributed by atoms with van der Waals surface area (Å²) in [6, 6.07) is 21.3. The lowest BCUT2D eigenvalue weighted by molar-refractivity contribution is -0.157. The Kier molecular flexibility index (Phi) is 4.25. The highest BCUT2D eigenvalue weighted by Gasteiger charge is 2.45. The molecule has 0 aromatic heterocycles. The Labute approximate surface area is 131 Å². The number of carbonyl (C=O) groups is 1. The van der Waals surface area contributed by atoms with Crippen LogP contribution < -0.4 is 0 Å². The van der Waals surface area contributed by atoms with Crippen LogP contribution in [0, 0.1) is 5.92 Å². The molecule has 0 aliphatic carbocycles. The molecule has 3 nitrogen and oxygen atoms in total. The van der Waals surface area contributed by atoms with E-state index in [1.54, 1.807) is 0 Å².